The monoisotopic (exact) mass is 500 g/mol. The molecule has 0 aromatic heterocycles. The second-order valence-corrected chi connectivity index (χ2v) is 9.72. The molecule has 0 bridgehead atoms. The van der Waals surface area contributed by atoms with Crippen LogP contribution in [0.4, 0.5) is 4.39 Å². The zero-order chi connectivity index (χ0) is 27.2. The second kappa shape index (κ2) is 12.5. The fraction of sp³-hybridized carbons (Fsp3) is 0.444. The summed E-state index contributed by atoms with van der Waals surface area (Å²) in [7, 11) is 3.02. The molecule has 0 unspecified atom stereocenters. The Morgan fingerprint density at radius 1 is 0.917 bits per heavy atom. The number of benzene rings is 2. The predicted molar refractivity (Wildman–Crippen MR) is 136 cm³/mol. The highest BCUT2D eigenvalue weighted by Gasteiger charge is 2.35. The van der Waals surface area contributed by atoms with Gasteiger partial charge in [-0.15, -0.1) is 0 Å². The quantitative estimate of drug-likeness (QED) is 0.435. The predicted octanol–water partition coefficient (Wildman–Crippen LogP) is 2.14. The zero-order valence-corrected chi connectivity index (χ0v) is 21.6. The summed E-state index contributed by atoms with van der Waals surface area (Å²) < 4.78 is 13.2. The number of rotatable bonds is 11. The summed E-state index contributed by atoms with van der Waals surface area (Å²) in [6, 6.07) is 7.93. The molecular formula is C27H37FN4O4. The van der Waals surface area contributed by atoms with Crippen molar-refractivity contribution in [2.45, 2.75) is 58.2 Å². The Kier molecular flexibility index (Phi) is 9.98. The lowest BCUT2D eigenvalue weighted by Crippen LogP contribution is -2.57. The van der Waals surface area contributed by atoms with E-state index in [9.17, 15) is 23.9 Å². The number of phenolic OH excluding ortho intramolecular Hbond substituents is 1. The van der Waals surface area contributed by atoms with Gasteiger partial charge in [-0.2, -0.15) is 0 Å². The van der Waals surface area contributed by atoms with Crippen LogP contribution in [0.5, 0.6) is 5.75 Å². The van der Waals surface area contributed by atoms with Gasteiger partial charge >= 0.3 is 0 Å². The Morgan fingerprint density at radius 2 is 1.47 bits per heavy atom. The molecule has 0 aliphatic carbocycles. The maximum absolute atomic E-state index is 13.6. The van der Waals surface area contributed by atoms with Gasteiger partial charge in [0.1, 0.15) is 23.7 Å². The van der Waals surface area contributed by atoms with Crippen molar-refractivity contribution < 1.29 is 23.9 Å². The Labute approximate surface area is 212 Å². The molecule has 9 heteroatoms. The molecule has 196 valence electrons. The molecule has 0 aliphatic rings. The number of halogens is 1. The molecule has 3 amide bonds. The number of nitrogens with zero attached hydrogens (tertiary/aromatic N) is 2. The molecule has 5 N–H and O–H groups in total. The summed E-state index contributed by atoms with van der Waals surface area (Å²) in [5, 5.41) is 9.78. The van der Waals surface area contributed by atoms with E-state index in [0.717, 1.165) is 5.56 Å². The zero-order valence-electron chi connectivity index (χ0n) is 21.6. The number of hydrogen-bond acceptors (Lipinski definition) is 5. The van der Waals surface area contributed by atoms with Crippen molar-refractivity contribution in [3.63, 3.8) is 0 Å². The maximum Gasteiger partial charge on any atom is 0.245 e. The van der Waals surface area contributed by atoms with Gasteiger partial charge in [-0.05, 0) is 60.6 Å². The minimum Gasteiger partial charge on any atom is -0.508 e. The van der Waals surface area contributed by atoms with E-state index in [-0.39, 0.29) is 30.3 Å². The van der Waals surface area contributed by atoms with Gasteiger partial charge in [0, 0.05) is 20.5 Å². The summed E-state index contributed by atoms with van der Waals surface area (Å²) >= 11 is 0. The first-order valence-corrected chi connectivity index (χ1v) is 11.9. The third-order valence-electron chi connectivity index (χ3n) is 6.31. The van der Waals surface area contributed by atoms with Crippen LogP contribution in [-0.4, -0.2) is 64.8 Å². The fourth-order valence-electron chi connectivity index (χ4n) is 4.13. The topological polar surface area (TPSA) is 130 Å². The molecule has 2 aromatic carbocycles. The summed E-state index contributed by atoms with van der Waals surface area (Å²) in [4.78, 5) is 41.7. The average Bonchev–Trinajstić information content (AvgIpc) is 2.82. The fourth-order valence-corrected chi connectivity index (χ4v) is 4.13. The second-order valence-electron chi connectivity index (χ2n) is 9.72. The number of hydrogen-bond donors (Lipinski definition) is 3. The number of amides is 3. The first-order valence-electron chi connectivity index (χ1n) is 11.9. The molecule has 0 radical (unpaired) electrons. The van der Waals surface area contributed by atoms with Gasteiger partial charge in [0.05, 0.1) is 6.04 Å². The lowest BCUT2D eigenvalue weighted by molar-refractivity contribution is -0.148. The number of aromatic hydroxyl groups is 1. The van der Waals surface area contributed by atoms with E-state index in [1.807, 2.05) is 13.8 Å². The highest BCUT2D eigenvalue weighted by Crippen LogP contribution is 2.21. The van der Waals surface area contributed by atoms with E-state index in [2.05, 4.69) is 0 Å². The lowest BCUT2D eigenvalue weighted by atomic mass is 9.97. The van der Waals surface area contributed by atoms with Crippen molar-refractivity contribution in [1.29, 1.82) is 0 Å². The molecule has 0 saturated carbocycles. The highest BCUT2D eigenvalue weighted by molar-refractivity contribution is 5.92. The van der Waals surface area contributed by atoms with Crippen LogP contribution < -0.4 is 11.5 Å². The van der Waals surface area contributed by atoms with Crippen LogP contribution in [0.3, 0.4) is 0 Å². The molecule has 0 heterocycles. The number of carbonyl (C=O) groups excluding carboxylic acids is 3. The van der Waals surface area contributed by atoms with Crippen molar-refractivity contribution >= 4 is 17.7 Å². The molecular weight excluding hydrogens is 463 g/mol. The number of aryl methyl sites for hydroxylation is 1. The molecule has 3 atom stereocenters. The SMILES string of the molecule is Cc1cc(C[C@@H](C(N)=O)N(C)C(=O)[C@H](CC(C)C)N(C)C(=O)[C@@H](N)Cc2ccc(F)cc2)ccc1O. The molecule has 2 aromatic rings. The summed E-state index contributed by atoms with van der Waals surface area (Å²) in [6.07, 6.45) is 0.708. The first kappa shape index (κ1) is 28.8. The van der Waals surface area contributed by atoms with Crippen molar-refractivity contribution in [3.05, 3.63) is 65.0 Å². The number of nitrogens with two attached hydrogens (primary N) is 2. The van der Waals surface area contributed by atoms with Crippen LogP contribution in [0.2, 0.25) is 0 Å². The van der Waals surface area contributed by atoms with Crippen LogP contribution in [0.1, 0.15) is 37.0 Å². The van der Waals surface area contributed by atoms with Gasteiger partial charge in [-0.1, -0.05) is 38.1 Å². The van der Waals surface area contributed by atoms with Crippen LogP contribution in [-0.2, 0) is 27.2 Å². The molecule has 0 saturated heterocycles. The molecule has 0 aliphatic heterocycles. The summed E-state index contributed by atoms with van der Waals surface area (Å²) in [6.45, 7) is 5.60. The van der Waals surface area contributed by atoms with Gasteiger partial charge in [-0.25, -0.2) is 4.39 Å². The van der Waals surface area contributed by atoms with E-state index in [0.29, 0.717) is 17.5 Å². The summed E-state index contributed by atoms with van der Waals surface area (Å²) in [5.41, 5.74) is 13.9. The minimum atomic E-state index is -0.951. The van der Waals surface area contributed by atoms with E-state index >= 15 is 0 Å². The third-order valence-corrected chi connectivity index (χ3v) is 6.31. The maximum atomic E-state index is 13.6. The van der Waals surface area contributed by atoms with E-state index in [1.54, 1.807) is 31.2 Å². The summed E-state index contributed by atoms with van der Waals surface area (Å²) in [5.74, 6) is -1.71. The highest BCUT2D eigenvalue weighted by atomic mass is 19.1. The smallest absolute Gasteiger partial charge is 0.245 e. The minimum absolute atomic E-state index is 0.0719. The van der Waals surface area contributed by atoms with Crippen LogP contribution in [0, 0.1) is 18.7 Å². The van der Waals surface area contributed by atoms with Crippen LogP contribution in [0.25, 0.3) is 0 Å². The molecule has 2 rings (SSSR count). The molecule has 0 spiro atoms. The van der Waals surface area contributed by atoms with Gasteiger partial charge in [0.2, 0.25) is 17.7 Å². The third kappa shape index (κ3) is 7.52. The Bertz CT molecular complexity index is 1070. The molecule has 36 heavy (non-hydrogen) atoms. The van der Waals surface area contributed by atoms with E-state index in [4.69, 9.17) is 11.5 Å². The molecule has 0 fully saturated rings. The largest absolute Gasteiger partial charge is 0.508 e. The molecule has 8 nitrogen and oxygen atoms in total. The van der Waals surface area contributed by atoms with Gasteiger partial charge in [0.15, 0.2) is 0 Å². The number of phenols is 1. The number of likely N-dealkylation sites (N-methyl/N-ethyl adjacent to an activating group) is 2. The average molecular weight is 501 g/mol. The lowest BCUT2D eigenvalue weighted by Gasteiger charge is -2.35. The number of primary amides is 1. The van der Waals surface area contributed by atoms with Crippen molar-refractivity contribution in [1.82, 2.24) is 9.80 Å². The van der Waals surface area contributed by atoms with E-state index in [1.165, 1.54) is 42.1 Å². The Morgan fingerprint density at radius 3 is 2.00 bits per heavy atom. The van der Waals surface area contributed by atoms with Crippen LogP contribution in [0.15, 0.2) is 42.5 Å². The van der Waals surface area contributed by atoms with Crippen molar-refractivity contribution in [2.24, 2.45) is 17.4 Å². The van der Waals surface area contributed by atoms with Crippen LogP contribution >= 0.6 is 0 Å². The first-order chi connectivity index (χ1) is 16.8. The van der Waals surface area contributed by atoms with Gasteiger partial charge < -0.3 is 26.4 Å². The Balaban J connectivity index is 2.23. The Hall–Kier alpha value is -3.46. The number of carbonyl (C=O) groups is 3. The standard InChI is InChI=1S/C27H37FN4O4/c1-16(2)12-23(32(5)26(35)21(29)14-18-6-9-20(28)10-7-18)27(36)31(4)22(25(30)34)15-19-8-11-24(33)17(3)13-19/h6-11,13,16,21-23,33H,12,14-15,29H2,1-5H3,(H2,30,34)/t21-,22-,23-/m0/s1. The normalized spacial score (nSPS) is 13.7. The van der Waals surface area contributed by atoms with Gasteiger partial charge in [-0.3, -0.25) is 14.4 Å². The van der Waals surface area contributed by atoms with Gasteiger partial charge in [0.25, 0.3) is 0 Å². The van der Waals surface area contributed by atoms with E-state index < -0.39 is 35.8 Å². The van der Waals surface area contributed by atoms with Crippen molar-refractivity contribution in [3.8, 4) is 5.75 Å². The van der Waals surface area contributed by atoms with Crippen molar-refractivity contribution in [2.75, 3.05) is 14.1 Å².